The molecule has 0 fully saturated rings. The van der Waals surface area contributed by atoms with Crippen LogP contribution in [0.3, 0.4) is 0 Å². The fourth-order valence-electron chi connectivity index (χ4n) is 2.81. The molecule has 0 N–H and O–H groups in total. The van der Waals surface area contributed by atoms with Crippen molar-refractivity contribution in [1.82, 2.24) is 0 Å². The van der Waals surface area contributed by atoms with Crippen LogP contribution in [0.25, 0.3) is 6.08 Å². The van der Waals surface area contributed by atoms with Crippen molar-refractivity contribution in [3.63, 3.8) is 0 Å². The van der Waals surface area contributed by atoms with Gasteiger partial charge in [0.1, 0.15) is 23.9 Å². The van der Waals surface area contributed by atoms with Crippen molar-refractivity contribution in [3.05, 3.63) is 82.3 Å². The molecule has 0 saturated carbocycles. The number of rotatable bonds is 6. The van der Waals surface area contributed by atoms with E-state index < -0.39 is 0 Å². The molecule has 0 amide bonds. The minimum atomic E-state index is -0.154. The fraction of sp³-hybridized carbons (Fsp3) is 0.136. The van der Waals surface area contributed by atoms with Crippen LogP contribution in [0.1, 0.15) is 27.4 Å². The van der Waals surface area contributed by atoms with Crippen LogP contribution in [0.2, 0.25) is 5.02 Å². The van der Waals surface area contributed by atoms with Gasteiger partial charge in [0.05, 0.1) is 5.02 Å². The van der Waals surface area contributed by atoms with E-state index in [0.29, 0.717) is 39.4 Å². The lowest BCUT2D eigenvalue weighted by Gasteiger charge is -2.09. The number of ether oxygens (including phenoxy) is 3. The van der Waals surface area contributed by atoms with Gasteiger partial charge in [0, 0.05) is 5.56 Å². The van der Waals surface area contributed by atoms with Crippen molar-refractivity contribution in [2.75, 3.05) is 6.79 Å². The normalized spacial score (nSPS) is 12.5. The zero-order chi connectivity index (χ0) is 19.5. The lowest BCUT2D eigenvalue weighted by molar-refractivity contribution is 0.104. The zero-order valence-corrected chi connectivity index (χ0v) is 15.9. The summed E-state index contributed by atoms with van der Waals surface area (Å²) >= 11 is 6.16. The highest BCUT2D eigenvalue weighted by Gasteiger charge is 2.15. The summed E-state index contributed by atoms with van der Waals surface area (Å²) in [4.78, 5) is 12.3. The highest BCUT2D eigenvalue weighted by Crippen LogP contribution is 2.33. The molecule has 0 unspecified atom stereocenters. The maximum absolute atomic E-state index is 12.3. The number of halogens is 1. The van der Waals surface area contributed by atoms with Gasteiger partial charge in [-0.1, -0.05) is 23.7 Å². The number of allylic oxidation sites excluding steroid dienone is 1. The van der Waals surface area contributed by atoms with Crippen molar-refractivity contribution < 1.29 is 23.4 Å². The van der Waals surface area contributed by atoms with Crippen molar-refractivity contribution in [2.24, 2.45) is 0 Å². The van der Waals surface area contributed by atoms with E-state index >= 15 is 0 Å². The van der Waals surface area contributed by atoms with Crippen LogP contribution in [-0.4, -0.2) is 12.6 Å². The fourth-order valence-corrected chi connectivity index (χ4v) is 3.08. The Kier molecular flexibility index (Phi) is 5.08. The third-order valence-electron chi connectivity index (χ3n) is 4.26. The molecule has 2 aromatic carbocycles. The summed E-state index contributed by atoms with van der Waals surface area (Å²) < 4.78 is 22.0. The molecule has 1 aliphatic heterocycles. The molecule has 0 atom stereocenters. The Morgan fingerprint density at radius 3 is 2.86 bits per heavy atom. The molecule has 4 rings (SSSR count). The Bertz CT molecular complexity index is 1030. The maximum atomic E-state index is 12.3. The van der Waals surface area contributed by atoms with Crippen LogP contribution in [0.15, 0.2) is 59.0 Å². The number of hydrogen-bond donors (Lipinski definition) is 0. The third-order valence-corrected chi connectivity index (χ3v) is 4.56. The molecule has 1 aliphatic rings. The summed E-state index contributed by atoms with van der Waals surface area (Å²) in [6.07, 6.45) is 3.08. The van der Waals surface area contributed by atoms with Gasteiger partial charge in [-0.15, -0.1) is 0 Å². The summed E-state index contributed by atoms with van der Waals surface area (Å²) in [6, 6.07) is 14.3. The van der Waals surface area contributed by atoms with Crippen molar-refractivity contribution in [1.29, 1.82) is 0 Å². The molecular formula is C22H17ClO5. The van der Waals surface area contributed by atoms with Gasteiger partial charge in [0.15, 0.2) is 17.3 Å². The average molecular weight is 397 g/mol. The molecule has 0 spiro atoms. The van der Waals surface area contributed by atoms with E-state index in [-0.39, 0.29) is 19.2 Å². The molecule has 0 radical (unpaired) electrons. The first-order valence-electron chi connectivity index (χ1n) is 8.69. The summed E-state index contributed by atoms with van der Waals surface area (Å²) in [7, 11) is 0. The number of aryl methyl sites for hydroxylation is 1. The van der Waals surface area contributed by atoms with Gasteiger partial charge >= 0.3 is 0 Å². The SMILES string of the molecule is Cc1cccc(Cl)c1OCc1ccc(/C=C/C(=O)c2ccc3c(c2)OCO3)o1. The van der Waals surface area contributed by atoms with Gasteiger partial charge in [0.2, 0.25) is 6.79 Å². The first kappa shape index (κ1) is 18.2. The predicted octanol–water partition coefficient (Wildman–Crippen LogP) is 5.45. The Labute approximate surface area is 167 Å². The van der Waals surface area contributed by atoms with Gasteiger partial charge < -0.3 is 18.6 Å². The molecule has 28 heavy (non-hydrogen) atoms. The number of benzene rings is 2. The second-order valence-electron chi connectivity index (χ2n) is 6.24. The minimum absolute atomic E-state index is 0.154. The van der Waals surface area contributed by atoms with Crippen molar-refractivity contribution in [2.45, 2.75) is 13.5 Å². The Morgan fingerprint density at radius 1 is 1.14 bits per heavy atom. The average Bonchev–Trinajstić information content (AvgIpc) is 3.34. The molecule has 0 bridgehead atoms. The second kappa shape index (κ2) is 7.82. The minimum Gasteiger partial charge on any atom is -0.484 e. The number of hydrogen-bond acceptors (Lipinski definition) is 5. The number of furan rings is 1. The van der Waals surface area contributed by atoms with Crippen LogP contribution >= 0.6 is 11.6 Å². The molecule has 6 heteroatoms. The maximum Gasteiger partial charge on any atom is 0.231 e. The molecule has 5 nitrogen and oxygen atoms in total. The largest absolute Gasteiger partial charge is 0.484 e. The van der Waals surface area contributed by atoms with E-state index in [1.165, 1.54) is 6.08 Å². The van der Waals surface area contributed by atoms with Crippen LogP contribution in [0, 0.1) is 6.92 Å². The summed E-state index contributed by atoms with van der Waals surface area (Å²) in [5, 5.41) is 0.556. The van der Waals surface area contributed by atoms with E-state index in [1.54, 1.807) is 42.5 Å². The zero-order valence-electron chi connectivity index (χ0n) is 15.1. The van der Waals surface area contributed by atoms with Crippen LogP contribution in [0.4, 0.5) is 0 Å². The topological polar surface area (TPSA) is 57.9 Å². The first-order chi connectivity index (χ1) is 13.6. The number of carbonyl (C=O) groups is 1. The van der Waals surface area contributed by atoms with E-state index in [1.807, 2.05) is 19.1 Å². The highest BCUT2D eigenvalue weighted by molar-refractivity contribution is 6.32. The smallest absolute Gasteiger partial charge is 0.231 e. The van der Waals surface area contributed by atoms with Gasteiger partial charge in [-0.2, -0.15) is 0 Å². The molecule has 2 heterocycles. The summed E-state index contributed by atoms with van der Waals surface area (Å²) in [5.74, 6) is 2.89. The van der Waals surface area contributed by atoms with Gasteiger partial charge in [-0.05, 0) is 61.0 Å². The Hall–Kier alpha value is -3.18. The standard InChI is InChI=1S/C22H17ClO5/c1-14-3-2-4-18(23)22(14)25-12-17-7-6-16(28-17)8-9-19(24)15-5-10-20-21(11-15)27-13-26-20/h2-11H,12-13H2,1H3/b9-8+. The number of para-hydroxylation sites is 1. The highest BCUT2D eigenvalue weighted by atomic mass is 35.5. The van der Waals surface area contributed by atoms with Crippen molar-refractivity contribution in [3.8, 4) is 17.2 Å². The van der Waals surface area contributed by atoms with Crippen LogP contribution in [0.5, 0.6) is 17.2 Å². The number of ketones is 1. The van der Waals surface area contributed by atoms with E-state index in [9.17, 15) is 4.79 Å². The first-order valence-corrected chi connectivity index (χ1v) is 9.06. The summed E-state index contributed by atoms with van der Waals surface area (Å²) in [5.41, 5.74) is 1.47. The quantitative estimate of drug-likeness (QED) is 0.410. The van der Waals surface area contributed by atoms with Gasteiger partial charge in [0.25, 0.3) is 0 Å². The molecule has 1 aromatic heterocycles. The van der Waals surface area contributed by atoms with Crippen LogP contribution < -0.4 is 14.2 Å². The van der Waals surface area contributed by atoms with E-state index in [2.05, 4.69) is 0 Å². The predicted molar refractivity (Wildman–Crippen MR) is 105 cm³/mol. The molecule has 3 aromatic rings. The lowest BCUT2D eigenvalue weighted by Crippen LogP contribution is -1.96. The van der Waals surface area contributed by atoms with E-state index in [4.69, 9.17) is 30.2 Å². The van der Waals surface area contributed by atoms with Crippen molar-refractivity contribution >= 4 is 23.5 Å². The van der Waals surface area contributed by atoms with Gasteiger partial charge in [-0.25, -0.2) is 0 Å². The molecular weight excluding hydrogens is 380 g/mol. The molecule has 0 aliphatic carbocycles. The Morgan fingerprint density at radius 2 is 2.00 bits per heavy atom. The number of carbonyl (C=O) groups excluding carboxylic acids is 1. The summed E-state index contributed by atoms with van der Waals surface area (Å²) in [6.45, 7) is 2.35. The molecule has 0 saturated heterocycles. The van der Waals surface area contributed by atoms with E-state index in [0.717, 1.165) is 5.56 Å². The van der Waals surface area contributed by atoms with Crippen LogP contribution in [-0.2, 0) is 6.61 Å². The molecule has 142 valence electrons. The van der Waals surface area contributed by atoms with Gasteiger partial charge in [-0.3, -0.25) is 4.79 Å². The monoisotopic (exact) mass is 396 g/mol. The number of fused-ring (bicyclic) bond motifs is 1. The second-order valence-corrected chi connectivity index (χ2v) is 6.65. The third kappa shape index (κ3) is 3.89. The lowest BCUT2D eigenvalue weighted by atomic mass is 10.1. The Balaban J connectivity index is 1.39.